The number of rotatable bonds is 3. The third kappa shape index (κ3) is 4.22. The highest BCUT2D eigenvalue weighted by Gasteiger charge is 2.28. The van der Waals surface area contributed by atoms with Crippen molar-refractivity contribution in [3.63, 3.8) is 0 Å². The zero-order valence-corrected chi connectivity index (χ0v) is 12.9. The second-order valence-electron chi connectivity index (χ2n) is 6.40. The van der Waals surface area contributed by atoms with E-state index < -0.39 is 0 Å². The van der Waals surface area contributed by atoms with Crippen molar-refractivity contribution < 1.29 is 4.39 Å². The minimum absolute atomic E-state index is 0.127. The highest BCUT2D eigenvalue weighted by molar-refractivity contribution is 7.99. The van der Waals surface area contributed by atoms with Gasteiger partial charge >= 0.3 is 0 Å². The molecule has 1 aromatic rings. The zero-order chi connectivity index (χ0) is 13.9. The summed E-state index contributed by atoms with van der Waals surface area (Å²) in [6.45, 7) is 6.73. The van der Waals surface area contributed by atoms with E-state index in [1.165, 1.54) is 29.9 Å². The largest absolute Gasteiger partial charge is 0.307 e. The lowest BCUT2D eigenvalue weighted by molar-refractivity contribution is 0.243. The number of thioether (sulfide) groups is 1. The van der Waals surface area contributed by atoms with Crippen molar-refractivity contribution in [1.82, 2.24) is 5.32 Å². The molecule has 0 amide bonds. The maximum absolute atomic E-state index is 13.1. The van der Waals surface area contributed by atoms with Crippen molar-refractivity contribution in [1.29, 1.82) is 0 Å². The van der Waals surface area contributed by atoms with E-state index in [9.17, 15) is 4.39 Å². The maximum atomic E-state index is 13.1. The van der Waals surface area contributed by atoms with Gasteiger partial charge in [0.25, 0.3) is 0 Å². The third-order valence-corrected chi connectivity index (χ3v) is 4.74. The van der Waals surface area contributed by atoms with Gasteiger partial charge in [0.2, 0.25) is 0 Å². The first-order valence-electron chi connectivity index (χ1n) is 7.06. The van der Waals surface area contributed by atoms with Gasteiger partial charge in [-0.15, -0.1) is 0 Å². The predicted molar refractivity (Wildman–Crippen MR) is 82.1 cm³/mol. The molecule has 0 spiro atoms. The van der Waals surface area contributed by atoms with Gasteiger partial charge in [-0.2, -0.15) is 11.8 Å². The van der Waals surface area contributed by atoms with Gasteiger partial charge in [0.15, 0.2) is 0 Å². The van der Waals surface area contributed by atoms with Gasteiger partial charge in [-0.1, -0.05) is 32.9 Å². The van der Waals surface area contributed by atoms with E-state index in [2.05, 4.69) is 26.1 Å². The Kier molecular flexibility index (Phi) is 4.91. The first kappa shape index (κ1) is 14.9. The molecule has 0 saturated carbocycles. The lowest BCUT2D eigenvalue weighted by Gasteiger charge is -2.36. The second-order valence-corrected chi connectivity index (χ2v) is 7.63. The van der Waals surface area contributed by atoms with Crippen LogP contribution in [0.2, 0.25) is 0 Å². The summed E-state index contributed by atoms with van der Waals surface area (Å²) in [6.07, 6.45) is 2.47. The Morgan fingerprint density at radius 2 is 1.74 bits per heavy atom. The van der Waals surface area contributed by atoms with Crippen LogP contribution in [-0.2, 0) is 0 Å². The van der Waals surface area contributed by atoms with E-state index in [-0.39, 0.29) is 17.3 Å². The van der Waals surface area contributed by atoms with E-state index in [0.717, 1.165) is 0 Å². The summed E-state index contributed by atoms with van der Waals surface area (Å²) in [7, 11) is 0. The van der Waals surface area contributed by atoms with E-state index >= 15 is 0 Å². The third-order valence-electron chi connectivity index (χ3n) is 3.69. The Morgan fingerprint density at radius 1 is 1.16 bits per heavy atom. The first-order valence-corrected chi connectivity index (χ1v) is 8.21. The SMILES string of the molecule is CC(C)(C)C(NC1CCSCC1)c1ccc(F)cc1. The quantitative estimate of drug-likeness (QED) is 0.881. The van der Waals surface area contributed by atoms with Gasteiger partial charge in [-0.25, -0.2) is 4.39 Å². The number of hydrogen-bond acceptors (Lipinski definition) is 2. The van der Waals surface area contributed by atoms with Crippen LogP contribution < -0.4 is 5.32 Å². The van der Waals surface area contributed by atoms with Crippen LogP contribution in [0, 0.1) is 11.2 Å². The van der Waals surface area contributed by atoms with Crippen LogP contribution >= 0.6 is 11.8 Å². The molecule has 1 aliphatic heterocycles. The van der Waals surface area contributed by atoms with Crippen LogP contribution in [0.15, 0.2) is 24.3 Å². The van der Waals surface area contributed by atoms with Gasteiger partial charge in [0.1, 0.15) is 5.82 Å². The summed E-state index contributed by atoms with van der Waals surface area (Å²) >= 11 is 2.04. The highest BCUT2D eigenvalue weighted by atomic mass is 32.2. The smallest absolute Gasteiger partial charge is 0.123 e. The van der Waals surface area contributed by atoms with Gasteiger partial charge in [0, 0.05) is 12.1 Å². The predicted octanol–water partition coefficient (Wildman–Crippen LogP) is 4.40. The fourth-order valence-corrected chi connectivity index (χ4v) is 3.71. The molecule has 1 N–H and O–H groups in total. The molecule has 1 aliphatic rings. The molecular formula is C16H24FNS. The molecule has 106 valence electrons. The van der Waals surface area contributed by atoms with Crippen LogP contribution in [0.1, 0.15) is 45.2 Å². The molecule has 3 heteroatoms. The van der Waals surface area contributed by atoms with E-state index in [1.807, 2.05) is 23.9 Å². The molecule has 0 aromatic heterocycles. The number of halogens is 1. The number of benzene rings is 1. The molecule has 0 radical (unpaired) electrons. The van der Waals surface area contributed by atoms with Crippen molar-refractivity contribution in [2.24, 2.45) is 5.41 Å². The molecule has 1 fully saturated rings. The maximum Gasteiger partial charge on any atom is 0.123 e. The molecule has 1 atom stereocenters. The van der Waals surface area contributed by atoms with Crippen LogP contribution in [0.5, 0.6) is 0 Å². The zero-order valence-electron chi connectivity index (χ0n) is 12.1. The molecule has 1 saturated heterocycles. The van der Waals surface area contributed by atoms with Gasteiger partial charge in [0.05, 0.1) is 0 Å². The minimum atomic E-state index is -0.162. The molecule has 2 rings (SSSR count). The van der Waals surface area contributed by atoms with E-state index in [1.54, 1.807) is 12.1 Å². The number of hydrogen-bond donors (Lipinski definition) is 1. The topological polar surface area (TPSA) is 12.0 Å². The number of nitrogens with one attached hydrogen (secondary N) is 1. The molecule has 19 heavy (non-hydrogen) atoms. The van der Waals surface area contributed by atoms with Gasteiger partial charge in [-0.05, 0) is 47.5 Å². The average Bonchev–Trinajstić information content (AvgIpc) is 2.37. The Balaban J connectivity index is 2.13. The summed E-state index contributed by atoms with van der Waals surface area (Å²) in [4.78, 5) is 0. The minimum Gasteiger partial charge on any atom is -0.307 e. The Bertz CT molecular complexity index is 390. The monoisotopic (exact) mass is 281 g/mol. The lowest BCUT2D eigenvalue weighted by atomic mass is 9.81. The molecular weight excluding hydrogens is 257 g/mol. The van der Waals surface area contributed by atoms with Crippen LogP contribution in [-0.4, -0.2) is 17.5 Å². The van der Waals surface area contributed by atoms with E-state index in [0.29, 0.717) is 6.04 Å². The molecule has 1 unspecified atom stereocenters. The van der Waals surface area contributed by atoms with Crippen LogP contribution in [0.3, 0.4) is 0 Å². The summed E-state index contributed by atoms with van der Waals surface area (Å²) < 4.78 is 13.1. The molecule has 0 aliphatic carbocycles. The Hall–Kier alpha value is -0.540. The Morgan fingerprint density at radius 3 is 2.26 bits per heavy atom. The van der Waals surface area contributed by atoms with E-state index in [4.69, 9.17) is 0 Å². The molecule has 1 aromatic carbocycles. The fraction of sp³-hybridized carbons (Fsp3) is 0.625. The van der Waals surface area contributed by atoms with Crippen molar-refractivity contribution in [2.45, 2.75) is 45.7 Å². The summed E-state index contributed by atoms with van der Waals surface area (Å²) in [5.41, 5.74) is 1.31. The summed E-state index contributed by atoms with van der Waals surface area (Å²) in [6, 6.07) is 7.82. The van der Waals surface area contributed by atoms with Crippen molar-refractivity contribution >= 4 is 11.8 Å². The summed E-state index contributed by atoms with van der Waals surface area (Å²) in [5.74, 6) is 2.33. The van der Waals surface area contributed by atoms with Crippen molar-refractivity contribution in [3.8, 4) is 0 Å². The van der Waals surface area contributed by atoms with Gasteiger partial charge in [-0.3, -0.25) is 0 Å². The Labute approximate surface area is 120 Å². The standard InChI is InChI=1S/C16H24FNS/c1-16(2,3)15(12-4-6-13(17)7-5-12)18-14-8-10-19-11-9-14/h4-7,14-15,18H,8-11H2,1-3H3. The molecule has 1 heterocycles. The summed E-state index contributed by atoms with van der Waals surface area (Å²) in [5, 5.41) is 3.80. The van der Waals surface area contributed by atoms with Crippen LogP contribution in [0.25, 0.3) is 0 Å². The lowest BCUT2D eigenvalue weighted by Crippen LogP contribution is -2.41. The van der Waals surface area contributed by atoms with Gasteiger partial charge < -0.3 is 5.32 Å². The molecule has 0 bridgehead atoms. The highest BCUT2D eigenvalue weighted by Crippen LogP contribution is 2.34. The average molecular weight is 281 g/mol. The fourth-order valence-electron chi connectivity index (χ4n) is 2.60. The molecule has 1 nitrogen and oxygen atoms in total. The van der Waals surface area contributed by atoms with Crippen molar-refractivity contribution in [3.05, 3.63) is 35.6 Å². The van der Waals surface area contributed by atoms with Crippen LogP contribution in [0.4, 0.5) is 4.39 Å². The first-order chi connectivity index (χ1) is 8.97. The second kappa shape index (κ2) is 6.27. The normalized spacial score (nSPS) is 19.4. The van der Waals surface area contributed by atoms with Crippen molar-refractivity contribution in [2.75, 3.05) is 11.5 Å².